The number of aryl methyl sites for hydroxylation is 1. The minimum absolute atomic E-state index is 0.0435. The Bertz CT molecular complexity index is 759. The van der Waals surface area contributed by atoms with E-state index in [9.17, 15) is 17.2 Å². The van der Waals surface area contributed by atoms with Gasteiger partial charge in [-0.2, -0.15) is 9.40 Å². The zero-order chi connectivity index (χ0) is 15.8. The van der Waals surface area contributed by atoms with Gasteiger partial charge in [0.2, 0.25) is 10.0 Å². The topological polar surface area (TPSA) is 55.2 Å². The fraction of sp³-hybridized carbons (Fsp3) is 0.308. The van der Waals surface area contributed by atoms with Crippen LogP contribution in [0.1, 0.15) is 18.5 Å². The second-order valence-corrected chi connectivity index (χ2v) is 6.72. The predicted octanol–water partition coefficient (Wildman–Crippen LogP) is 2.08. The van der Waals surface area contributed by atoms with Gasteiger partial charge < -0.3 is 0 Å². The Morgan fingerprint density at radius 1 is 1.29 bits per heavy atom. The molecular formula is C13H15F2N3O2S. The molecule has 0 aliphatic heterocycles. The van der Waals surface area contributed by atoms with Crippen LogP contribution in [0.3, 0.4) is 0 Å². The molecule has 0 aliphatic carbocycles. The molecule has 1 heterocycles. The number of benzene rings is 1. The van der Waals surface area contributed by atoms with Crippen molar-refractivity contribution in [2.75, 3.05) is 7.05 Å². The molecule has 8 heteroatoms. The first-order valence-electron chi connectivity index (χ1n) is 6.15. The molecule has 5 nitrogen and oxygen atoms in total. The average molecular weight is 315 g/mol. The van der Waals surface area contributed by atoms with Gasteiger partial charge in [0, 0.05) is 26.3 Å². The van der Waals surface area contributed by atoms with E-state index in [2.05, 4.69) is 5.10 Å². The summed E-state index contributed by atoms with van der Waals surface area (Å²) in [5.41, 5.74) is 0.365. The van der Waals surface area contributed by atoms with Gasteiger partial charge in [0.15, 0.2) is 11.6 Å². The average Bonchev–Trinajstić information content (AvgIpc) is 2.87. The second-order valence-electron chi connectivity index (χ2n) is 4.72. The van der Waals surface area contributed by atoms with Gasteiger partial charge in [-0.3, -0.25) is 4.68 Å². The third kappa shape index (κ3) is 2.96. The van der Waals surface area contributed by atoms with E-state index in [1.807, 2.05) is 0 Å². The molecule has 0 fully saturated rings. The summed E-state index contributed by atoms with van der Waals surface area (Å²) in [6.07, 6.45) is 2.62. The van der Waals surface area contributed by atoms with Gasteiger partial charge in [-0.05, 0) is 24.6 Å². The van der Waals surface area contributed by atoms with Gasteiger partial charge in [-0.25, -0.2) is 17.2 Å². The van der Waals surface area contributed by atoms with E-state index in [0.717, 1.165) is 16.4 Å². The Morgan fingerprint density at radius 3 is 2.48 bits per heavy atom. The first-order chi connectivity index (χ1) is 9.73. The molecule has 1 aromatic heterocycles. The lowest BCUT2D eigenvalue weighted by atomic mass is 10.1. The summed E-state index contributed by atoms with van der Waals surface area (Å²) >= 11 is 0. The number of sulfonamides is 1. The highest BCUT2D eigenvalue weighted by Crippen LogP contribution is 2.26. The van der Waals surface area contributed by atoms with Crippen molar-refractivity contribution in [1.29, 1.82) is 0 Å². The Labute approximate surface area is 121 Å². The van der Waals surface area contributed by atoms with E-state index in [0.29, 0.717) is 5.56 Å². The number of nitrogens with zero attached hydrogens (tertiary/aromatic N) is 3. The molecular weight excluding hydrogens is 300 g/mol. The van der Waals surface area contributed by atoms with Crippen molar-refractivity contribution < 1.29 is 17.2 Å². The van der Waals surface area contributed by atoms with Gasteiger partial charge in [-0.15, -0.1) is 0 Å². The van der Waals surface area contributed by atoms with Crippen LogP contribution in [0, 0.1) is 11.6 Å². The van der Waals surface area contributed by atoms with Crippen LogP contribution in [0.15, 0.2) is 35.5 Å². The summed E-state index contributed by atoms with van der Waals surface area (Å²) in [7, 11) is -0.763. The van der Waals surface area contributed by atoms with Crippen LogP contribution < -0.4 is 0 Å². The lowest BCUT2D eigenvalue weighted by Crippen LogP contribution is -2.29. The van der Waals surface area contributed by atoms with Gasteiger partial charge in [0.1, 0.15) is 4.90 Å². The minimum atomic E-state index is -3.75. The molecule has 2 rings (SSSR count). The van der Waals surface area contributed by atoms with Crippen LogP contribution in [0.5, 0.6) is 0 Å². The van der Waals surface area contributed by atoms with Gasteiger partial charge in [0.05, 0.1) is 6.20 Å². The molecule has 0 radical (unpaired) electrons. The quantitative estimate of drug-likeness (QED) is 0.868. The van der Waals surface area contributed by atoms with Crippen molar-refractivity contribution in [3.63, 3.8) is 0 Å². The summed E-state index contributed by atoms with van der Waals surface area (Å²) in [5, 5.41) is 3.82. The Morgan fingerprint density at radius 2 is 1.95 bits per heavy atom. The van der Waals surface area contributed by atoms with Gasteiger partial charge in [-0.1, -0.05) is 6.07 Å². The largest absolute Gasteiger partial charge is 0.274 e. The number of aromatic nitrogens is 2. The zero-order valence-corrected chi connectivity index (χ0v) is 12.6. The van der Waals surface area contributed by atoms with E-state index < -0.39 is 27.7 Å². The summed E-state index contributed by atoms with van der Waals surface area (Å²) in [6, 6.07) is 2.68. The third-order valence-corrected chi connectivity index (χ3v) is 5.21. The summed E-state index contributed by atoms with van der Waals surface area (Å²) < 4.78 is 53.5. The third-order valence-electron chi connectivity index (χ3n) is 3.33. The monoisotopic (exact) mass is 315 g/mol. The minimum Gasteiger partial charge on any atom is -0.274 e. The van der Waals surface area contributed by atoms with Crippen LogP contribution in [-0.4, -0.2) is 29.6 Å². The fourth-order valence-electron chi connectivity index (χ4n) is 1.89. The molecule has 0 bridgehead atoms. The molecule has 0 saturated carbocycles. The standard InChI is InChI=1S/C13H15F2N3O2S/c1-9(10-4-5-12(14)13(15)6-10)18(3)21(19,20)11-7-16-17(2)8-11/h4-9H,1-3H3/t9-/m1/s1. The van der Waals surface area contributed by atoms with E-state index in [-0.39, 0.29) is 4.90 Å². The molecule has 0 N–H and O–H groups in total. The van der Waals surface area contributed by atoms with Crippen LogP contribution in [-0.2, 0) is 17.1 Å². The molecule has 0 unspecified atom stereocenters. The van der Waals surface area contributed by atoms with Gasteiger partial charge >= 0.3 is 0 Å². The summed E-state index contributed by atoms with van der Waals surface area (Å²) in [5.74, 6) is -1.98. The maximum absolute atomic E-state index is 13.3. The molecule has 2 aromatic rings. The van der Waals surface area contributed by atoms with Crippen molar-refractivity contribution in [1.82, 2.24) is 14.1 Å². The van der Waals surface area contributed by atoms with Crippen molar-refractivity contribution in [2.24, 2.45) is 7.05 Å². The predicted molar refractivity (Wildman–Crippen MR) is 72.9 cm³/mol. The van der Waals surface area contributed by atoms with E-state index in [1.165, 1.54) is 30.2 Å². The van der Waals surface area contributed by atoms with Gasteiger partial charge in [0.25, 0.3) is 0 Å². The number of hydrogen-bond donors (Lipinski definition) is 0. The normalized spacial score (nSPS) is 13.6. The Hall–Kier alpha value is -1.80. The molecule has 1 atom stereocenters. The Balaban J connectivity index is 2.34. The van der Waals surface area contributed by atoms with E-state index >= 15 is 0 Å². The van der Waals surface area contributed by atoms with Crippen molar-refractivity contribution in [3.8, 4) is 0 Å². The highest BCUT2D eigenvalue weighted by molar-refractivity contribution is 7.89. The second kappa shape index (κ2) is 5.53. The van der Waals surface area contributed by atoms with E-state index in [1.54, 1.807) is 14.0 Å². The zero-order valence-electron chi connectivity index (χ0n) is 11.8. The molecule has 1 aromatic carbocycles. The lowest BCUT2D eigenvalue weighted by molar-refractivity contribution is 0.395. The smallest absolute Gasteiger partial charge is 0.246 e. The lowest BCUT2D eigenvalue weighted by Gasteiger charge is -2.24. The molecule has 0 aliphatic rings. The molecule has 0 saturated heterocycles. The number of hydrogen-bond acceptors (Lipinski definition) is 3. The van der Waals surface area contributed by atoms with Crippen LogP contribution in [0.2, 0.25) is 0 Å². The molecule has 114 valence electrons. The van der Waals surface area contributed by atoms with Crippen LogP contribution >= 0.6 is 0 Å². The highest BCUT2D eigenvalue weighted by Gasteiger charge is 2.27. The molecule has 0 spiro atoms. The number of rotatable bonds is 4. The first kappa shape index (κ1) is 15.6. The van der Waals surface area contributed by atoms with Crippen LogP contribution in [0.4, 0.5) is 8.78 Å². The Kier molecular flexibility index (Phi) is 4.11. The highest BCUT2D eigenvalue weighted by atomic mass is 32.2. The number of halogens is 2. The van der Waals surface area contributed by atoms with Crippen molar-refractivity contribution in [3.05, 3.63) is 47.8 Å². The fourth-order valence-corrected chi connectivity index (χ4v) is 3.23. The van der Waals surface area contributed by atoms with Crippen LogP contribution in [0.25, 0.3) is 0 Å². The van der Waals surface area contributed by atoms with Crippen molar-refractivity contribution >= 4 is 10.0 Å². The SMILES string of the molecule is C[C@H](c1ccc(F)c(F)c1)N(C)S(=O)(=O)c1cnn(C)c1. The maximum atomic E-state index is 13.3. The van der Waals surface area contributed by atoms with E-state index in [4.69, 9.17) is 0 Å². The van der Waals surface area contributed by atoms with Crippen molar-refractivity contribution in [2.45, 2.75) is 17.9 Å². The molecule has 0 amide bonds. The summed E-state index contributed by atoms with van der Waals surface area (Å²) in [6.45, 7) is 1.60. The summed E-state index contributed by atoms with van der Waals surface area (Å²) in [4.78, 5) is 0.0435. The molecule has 21 heavy (non-hydrogen) atoms. The first-order valence-corrected chi connectivity index (χ1v) is 7.59. The maximum Gasteiger partial charge on any atom is 0.246 e.